The molecule has 1 fully saturated rings. The molecule has 1 saturated heterocycles. The molecule has 5 heteroatoms. The Labute approximate surface area is 103 Å². The number of ether oxygens (including phenoxy) is 2. The maximum absolute atomic E-state index is 9.83. The minimum absolute atomic E-state index is 0.235. The highest BCUT2D eigenvalue weighted by atomic mass is 16.5. The summed E-state index contributed by atoms with van der Waals surface area (Å²) >= 11 is 0. The van der Waals surface area contributed by atoms with Crippen LogP contribution < -0.4 is 0 Å². The molecule has 17 heavy (non-hydrogen) atoms. The summed E-state index contributed by atoms with van der Waals surface area (Å²) in [6, 6.07) is 2.09. The summed E-state index contributed by atoms with van der Waals surface area (Å²) in [6.07, 6.45) is -0.897. The third-order valence-electron chi connectivity index (χ3n) is 2.47. The topological polar surface area (TPSA) is 65.7 Å². The van der Waals surface area contributed by atoms with Gasteiger partial charge in [0.25, 0.3) is 0 Å². The molecule has 1 N–H and O–H groups in total. The van der Waals surface area contributed by atoms with Gasteiger partial charge in [0, 0.05) is 19.6 Å². The zero-order valence-electron chi connectivity index (χ0n) is 10.8. The Balaban J connectivity index is 2.26. The van der Waals surface area contributed by atoms with Crippen molar-refractivity contribution in [2.75, 3.05) is 32.8 Å². The third-order valence-corrected chi connectivity index (χ3v) is 2.47. The van der Waals surface area contributed by atoms with Crippen molar-refractivity contribution in [1.29, 1.82) is 5.26 Å². The van der Waals surface area contributed by atoms with E-state index in [0.717, 1.165) is 6.54 Å². The molecule has 2 atom stereocenters. The van der Waals surface area contributed by atoms with Gasteiger partial charge < -0.3 is 14.6 Å². The fourth-order valence-corrected chi connectivity index (χ4v) is 1.64. The van der Waals surface area contributed by atoms with Crippen molar-refractivity contribution in [1.82, 2.24) is 4.90 Å². The van der Waals surface area contributed by atoms with Crippen LogP contribution in [-0.4, -0.2) is 60.7 Å². The molecule has 5 nitrogen and oxygen atoms in total. The van der Waals surface area contributed by atoms with Gasteiger partial charge in [0.05, 0.1) is 31.0 Å². The minimum atomic E-state index is -0.522. The molecule has 0 aromatic rings. The van der Waals surface area contributed by atoms with Gasteiger partial charge in [-0.1, -0.05) is 0 Å². The fourth-order valence-electron chi connectivity index (χ4n) is 1.64. The molecule has 1 aliphatic rings. The lowest BCUT2D eigenvalue weighted by Gasteiger charge is -2.31. The minimum Gasteiger partial charge on any atom is -0.389 e. The monoisotopic (exact) mass is 242 g/mol. The molecule has 1 rings (SSSR count). The largest absolute Gasteiger partial charge is 0.389 e. The Morgan fingerprint density at radius 3 is 2.88 bits per heavy atom. The normalized spacial score (nSPS) is 24.3. The predicted molar refractivity (Wildman–Crippen MR) is 63.5 cm³/mol. The summed E-state index contributed by atoms with van der Waals surface area (Å²) < 4.78 is 10.8. The van der Waals surface area contributed by atoms with E-state index in [1.165, 1.54) is 0 Å². The first-order valence-electron chi connectivity index (χ1n) is 5.96. The van der Waals surface area contributed by atoms with Crippen LogP contribution in [0.2, 0.25) is 0 Å². The van der Waals surface area contributed by atoms with Crippen LogP contribution in [0.5, 0.6) is 0 Å². The second-order valence-electron chi connectivity index (χ2n) is 5.33. The van der Waals surface area contributed by atoms with Gasteiger partial charge in [-0.25, -0.2) is 0 Å². The van der Waals surface area contributed by atoms with Crippen molar-refractivity contribution in [3.8, 4) is 6.07 Å². The zero-order chi connectivity index (χ0) is 12.9. The molecule has 0 aliphatic carbocycles. The van der Waals surface area contributed by atoms with Gasteiger partial charge in [-0.05, 0) is 20.8 Å². The highest BCUT2D eigenvalue weighted by Crippen LogP contribution is 2.09. The quantitative estimate of drug-likeness (QED) is 0.772. The maximum atomic E-state index is 9.83. The lowest BCUT2D eigenvalue weighted by atomic mass is 10.2. The Kier molecular flexibility index (Phi) is 5.34. The van der Waals surface area contributed by atoms with Crippen LogP contribution in [0.25, 0.3) is 0 Å². The molecule has 0 aromatic heterocycles. The Morgan fingerprint density at radius 1 is 1.59 bits per heavy atom. The molecule has 0 aromatic carbocycles. The summed E-state index contributed by atoms with van der Waals surface area (Å²) in [6.45, 7) is 8.58. The first-order chi connectivity index (χ1) is 7.90. The van der Waals surface area contributed by atoms with E-state index < -0.39 is 6.10 Å². The number of nitriles is 1. The lowest BCUT2D eigenvalue weighted by Crippen LogP contribution is -2.46. The molecule has 1 aliphatic heterocycles. The highest BCUT2D eigenvalue weighted by Gasteiger charge is 2.22. The summed E-state index contributed by atoms with van der Waals surface area (Å²) in [4.78, 5) is 2.04. The zero-order valence-corrected chi connectivity index (χ0v) is 10.8. The number of morpholine rings is 1. The number of nitrogens with zero attached hydrogens (tertiary/aromatic N) is 2. The number of hydrogen-bond acceptors (Lipinski definition) is 5. The number of rotatable bonds is 4. The number of aliphatic hydroxyl groups is 1. The van der Waals surface area contributed by atoms with Gasteiger partial charge in [-0.2, -0.15) is 5.26 Å². The molecule has 0 bridgehead atoms. The average Bonchev–Trinajstić information content (AvgIpc) is 2.26. The molecule has 0 radical (unpaired) electrons. The summed E-state index contributed by atoms with van der Waals surface area (Å²) in [5.41, 5.74) is -0.235. The maximum Gasteiger partial charge on any atom is 0.156 e. The molecule has 98 valence electrons. The fraction of sp³-hybridized carbons (Fsp3) is 0.917. The van der Waals surface area contributed by atoms with E-state index in [0.29, 0.717) is 26.3 Å². The Morgan fingerprint density at radius 2 is 2.29 bits per heavy atom. The van der Waals surface area contributed by atoms with Crippen molar-refractivity contribution >= 4 is 0 Å². The van der Waals surface area contributed by atoms with E-state index in [9.17, 15) is 5.11 Å². The second kappa shape index (κ2) is 6.31. The average molecular weight is 242 g/mol. The third kappa shape index (κ3) is 5.99. The van der Waals surface area contributed by atoms with Crippen LogP contribution in [0, 0.1) is 11.3 Å². The van der Waals surface area contributed by atoms with E-state index in [4.69, 9.17) is 14.7 Å². The highest BCUT2D eigenvalue weighted by molar-refractivity contribution is 4.89. The first-order valence-corrected chi connectivity index (χ1v) is 5.96. The van der Waals surface area contributed by atoms with Crippen molar-refractivity contribution in [3.63, 3.8) is 0 Å². The summed E-state index contributed by atoms with van der Waals surface area (Å²) in [5.74, 6) is 0. The Hall–Kier alpha value is -0.670. The van der Waals surface area contributed by atoms with Crippen molar-refractivity contribution in [2.24, 2.45) is 0 Å². The molecule has 0 spiro atoms. The van der Waals surface area contributed by atoms with Crippen LogP contribution in [0.3, 0.4) is 0 Å². The van der Waals surface area contributed by atoms with Crippen molar-refractivity contribution in [3.05, 3.63) is 0 Å². The van der Waals surface area contributed by atoms with Gasteiger partial charge in [-0.15, -0.1) is 0 Å². The van der Waals surface area contributed by atoms with E-state index in [1.54, 1.807) is 0 Å². The lowest BCUT2D eigenvalue weighted by molar-refractivity contribution is -0.0683. The smallest absolute Gasteiger partial charge is 0.156 e. The summed E-state index contributed by atoms with van der Waals surface area (Å²) in [5, 5.41) is 18.6. The van der Waals surface area contributed by atoms with Gasteiger partial charge >= 0.3 is 0 Å². The van der Waals surface area contributed by atoms with Gasteiger partial charge in [0.2, 0.25) is 0 Å². The molecule has 0 saturated carbocycles. The van der Waals surface area contributed by atoms with Crippen LogP contribution in [-0.2, 0) is 9.47 Å². The predicted octanol–water partition coefficient (Wildman–Crippen LogP) is 0.387. The van der Waals surface area contributed by atoms with Gasteiger partial charge in [-0.3, -0.25) is 4.90 Å². The summed E-state index contributed by atoms with van der Waals surface area (Å²) in [7, 11) is 0. The Bertz CT molecular complexity index is 270. The van der Waals surface area contributed by atoms with E-state index >= 15 is 0 Å². The van der Waals surface area contributed by atoms with Crippen molar-refractivity contribution < 1.29 is 14.6 Å². The molecular formula is C12H22N2O3. The van der Waals surface area contributed by atoms with Crippen LogP contribution >= 0.6 is 0 Å². The number of hydrogen-bond donors (Lipinski definition) is 1. The van der Waals surface area contributed by atoms with Crippen molar-refractivity contribution in [2.45, 2.75) is 38.6 Å². The molecule has 0 amide bonds. The van der Waals surface area contributed by atoms with E-state index in [2.05, 4.69) is 6.07 Å². The molecular weight excluding hydrogens is 220 g/mol. The second-order valence-corrected chi connectivity index (χ2v) is 5.33. The standard InChI is InChI=1S/C12H22N2O3/c1-12(2,3)17-9-10(15)7-14-4-5-16-11(6-13)8-14/h10-11,15H,4-5,7-9H2,1-3H3. The van der Waals surface area contributed by atoms with E-state index in [1.807, 2.05) is 25.7 Å². The number of β-amino-alcohol motifs (C(OH)–C–C–N with tert-alkyl or cyclic N) is 1. The SMILES string of the molecule is CC(C)(C)OCC(O)CN1CCOC(C#N)C1. The first kappa shape index (κ1) is 14.4. The van der Waals surface area contributed by atoms with Crippen LogP contribution in [0.1, 0.15) is 20.8 Å². The van der Waals surface area contributed by atoms with Crippen LogP contribution in [0.4, 0.5) is 0 Å². The van der Waals surface area contributed by atoms with Gasteiger partial charge in [0.1, 0.15) is 0 Å². The molecule has 2 unspecified atom stereocenters. The molecule has 1 heterocycles. The van der Waals surface area contributed by atoms with Gasteiger partial charge in [0.15, 0.2) is 6.10 Å². The van der Waals surface area contributed by atoms with E-state index in [-0.39, 0.29) is 11.7 Å². The van der Waals surface area contributed by atoms with Crippen LogP contribution in [0.15, 0.2) is 0 Å². The number of aliphatic hydroxyl groups excluding tert-OH is 1.